The van der Waals surface area contributed by atoms with Crippen LogP contribution in [0, 0.1) is 0 Å². The molecule has 0 bridgehead atoms. The predicted molar refractivity (Wildman–Crippen MR) is 110 cm³/mol. The third-order valence-electron chi connectivity index (χ3n) is 5.66. The van der Waals surface area contributed by atoms with Crippen LogP contribution in [0.25, 0.3) is 0 Å². The number of hydrogen-bond donors (Lipinski definition) is 0. The van der Waals surface area contributed by atoms with Crippen molar-refractivity contribution in [3.05, 3.63) is 58.6 Å². The van der Waals surface area contributed by atoms with Crippen molar-refractivity contribution in [3.63, 3.8) is 0 Å². The van der Waals surface area contributed by atoms with Gasteiger partial charge in [0, 0.05) is 43.4 Å². The number of methoxy groups -OCH3 is 1. The van der Waals surface area contributed by atoms with Gasteiger partial charge in [0.05, 0.1) is 19.8 Å². The maximum atomic E-state index is 6.14. The first-order valence-electron chi connectivity index (χ1n) is 9.74. The van der Waals surface area contributed by atoms with Gasteiger partial charge in [-0.3, -0.25) is 4.90 Å². The quantitative estimate of drug-likeness (QED) is 0.769. The molecule has 4 nitrogen and oxygen atoms in total. The molecule has 0 spiro atoms. The summed E-state index contributed by atoms with van der Waals surface area (Å²) < 4.78 is 11.3. The summed E-state index contributed by atoms with van der Waals surface area (Å²) in [7, 11) is 1.71. The first kappa shape index (κ1) is 18.6. The molecule has 1 unspecified atom stereocenters. The van der Waals surface area contributed by atoms with Gasteiger partial charge in [-0.15, -0.1) is 0 Å². The van der Waals surface area contributed by atoms with Gasteiger partial charge in [-0.2, -0.15) is 0 Å². The number of anilines is 1. The number of fused-ring (bicyclic) bond motifs is 1. The Labute approximate surface area is 166 Å². The molecule has 27 heavy (non-hydrogen) atoms. The zero-order chi connectivity index (χ0) is 18.6. The third-order valence-corrected chi connectivity index (χ3v) is 5.89. The van der Waals surface area contributed by atoms with E-state index in [-0.39, 0.29) is 6.10 Å². The average molecular weight is 387 g/mol. The predicted octanol–water partition coefficient (Wildman–Crippen LogP) is 4.17. The van der Waals surface area contributed by atoms with Crippen molar-refractivity contribution >= 4 is 17.3 Å². The highest BCUT2D eigenvalue weighted by Crippen LogP contribution is 2.31. The van der Waals surface area contributed by atoms with Gasteiger partial charge in [0.1, 0.15) is 5.75 Å². The van der Waals surface area contributed by atoms with E-state index < -0.39 is 0 Å². The summed E-state index contributed by atoms with van der Waals surface area (Å²) >= 11 is 6.14. The van der Waals surface area contributed by atoms with Crippen LogP contribution >= 0.6 is 11.6 Å². The van der Waals surface area contributed by atoms with Gasteiger partial charge in [-0.25, -0.2) is 0 Å². The lowest BCUT2D eigenvalue weighted by Gasteiger charge is -2.37. The lowest BCUT2D eigenvalue weighted by Crippen LogP contribution is -2.46. The highest BCUT2D eigenvalue weighted by molar-refractivity contribution is 6.30. The molecule has 4 rings (SSSR count). The maximum Gasteiger partial charge on any atom is 0.119 e. The molecule has 0 aromatic heterocycles. The van der Waals surface area contributed by atoms with Crippen LogP contribution < -0.4 is 9.64 Å². The molecular weight excluding hydrogens is 360 g/mol. The SMILES string of the molecule is COc1ccc(N2CCN(CCC3OCCc4cc(Cl)ccc43)CC2)cc1. The highest BCUT2D eigenvalue weighted by atomic mass is 35.5. The Hall–Kier alpha value is -1.75. The molecule has 2 heterocycles. The molecule has 1 saturated heterocycles. The van der Waals surface area contributed by atoms with Crippen LogP contribution in [-0.4, -0.2) is 51.3 Å². The second-order valence-electron chi connectivity index (χ2n) is 7.27. The number of rotatable bonds is 5. The van der Waals surface area contributed by atoms with E-state index in [2.05, 4.69) is 34.1 Å². The largest absolute Gasteiger partial charge is 0.497 e. The Morgan fingerprint density at radius 3 is 2.59 bits per heavy atom. The molecule has 2 aromatic carbocycles. The fourth-order valence-corrected chi connectivity index (χ4v) is 4.26. The molecule has 0 N–H and O–H groups in total. The topological polar surface area (TPSA) is 24.9 Å². The molecule has 1 atom stereocenters. The monoisotopic (exact) mass is 386 g/mol. The smallest absolute Gasteiger partial charge is 0.119 e. The zero-order valence-electron chi connectivity index (χ0n) is 15.9. The van der Waals surface area contributed by atoms with E-state index in [1.165, 1.54) is 16.8 Å². The van der Waals surface area contributed by atoms with E-state index in [0.29, 0.717) is 0 Å². The first-order valence-corrected chi connectivity index (χ1v) is 10.1. The summed E-state index contributed by atoms with van der Waals surface area (Å²) in [6.45, 7) is 6.17. The van der Waals surface area contributed by atoms with Crippen molar-refractivity contribution in [1.82, 2.24) is 4.90 Å². The molecule has 1 fully saturated rings. The summed E-state index contributed by atoms with van der Waals surface area (Å²) in [5.41, 5.74) is 3.95. The molecule has 2 aliphatic rings. The zero-order valence-corrected chi connectivity index (χ0v) is 16.6. The summed E-state index contributed by atoms with van der Waals surface area (Å²) in [5, 5.41) is 0.823. The molecule has 0 radical (unpaired) electrons. The molecule has 2 aromatic rings. The van der Waals surface area contributed by atoms with Gasteiger partial charge < -0.3 is 14.4 Å². The van der Waals surface area contributed by atoms with Crippen molar-refractivity contribution in [2.45, 2.75) is 18.9 Å². The average Bonchev–Trinajstić information content (AvgIpc) is 2.72. The standard InChI is InChI=1S/C22H27ClN2O2/c1-26-20-5-3-19(4-6-20)25-13-11-24(12-14-25)10-8-22-21-7-2-18(23)16-17(21)9-15-27-22/h2-7,16,22H,8-15H2,1H3. The molecule has 0 aliphatic carbocycles. The first-order chi connectivity index (χ1) is 13.2. The van der Waals surface area contributed by atoms with Gasteiger partial charge in [0.25, 0.3) is 0 Å². The van der Waals surface area contributed by atoms with Crippen LogP contribution in [0.5, 0.6) is 5.75 Å². The Morgan fingerprint density at radius 2 is 1.85 bits per heavy atom. The van der Waals surface area contributed by atoms with E-state index in [9.17, 15) is 0 Å². The van der Waals surface area contributed by atoms with Gasteiger partial charge in [-0.1, -0.05) is 17.7 Å². The Morgan fingerprint density at radius 1 is 1.07 bits per heavy atom. The fourth-order valence-electron chi connectivity index (χ4n) is 4.07. The van der Waals surface area contributed by atoms with Crippen LogP contribution in [0.3, 0.4) is 0 Å². The second-order valence-corrected chi connectivity index (χ2v) is 7.70. The van der Waals surface area contributed by atoms with Crippen LogP contribution in [0.1, 0.15) is 23.7 Å². The minimum absolute atomic E-state index is 0.200. The number of ether oxygens (including phenoxy) is 2. The van der Waals surface area contributed by atoms with Gasteiger partial charge in [-0.05, 0) is 60.4 Å². The fraction of sp³-hybridized carbons (Fsp3) is 0.455. The minimum Gasteiger partial charge on any atom is -0.497 e. The number of nitrogens with zero attached hydrogens (tertiary/aromatic N) is 2. The van der Waals surface area contributed by atoms with Gasteiger partial charge >= 0.3 is 0 Å². The Kier molecular flexibility index (Phi) is 5.86. The highest BCUT2D eigenvalue weighted by Gasteiger charge is 2.23. The molecule has 2 aliphatic heterocycles. The maximum absolute atomic E-state index is 6.14. The van der Waals surface area contributed by atoms with Crippen molar-refractivity contribution in [1.29, 1.82) is 0 Å². The van der Waals surface area contributed by atoms with Crippen LogP contribution in [0.15, 0.2) is 42.5 Å². The number of halogens is 1. The van der Waals surface area contributed by atoms with Crippen LogP contribution in [-0.2, 0) is 11.2 Å². The van der Waals surface area contributed by atoms with Gasteiger partial charge in [0.15, 0.2) is 0 Å². The van der Waals surface area contributed by atoms with E-state index in [4.69, 9.17) is 21.1 Å². The van der Waals surface area contributed by atoms with Crippen LogP contribution in [0.4, 0.5) is 5.69 Å². The number of benzene rings is 2. The number of piperazine rings is 1. The molecule has 0 saturated carbocycles. The van der Waals surface area contributed by atoms with Crippen molar-refractivity contribution in [2.24, 2.45) is 0 Å². The van der Waals surface area contributed by atoms with Crippen molar-refractivity contribution < 1.29 is 9.47 Å². The van der Waals surface area contributed by atoms with Crippen molar-refractivity contribution in [3.8, 4) is 5.75 Å². The second kappa shape index (κ2) is 8.51. The van der Waals surface area contributed by atoms with Crippen molar-refractivity contribution in [2.75, 3.05) is 51.3 Å². The van der Waals surface area contributed by atoms with E-state index >= 15 is 0 Å². The van der Waals surface area contributed by atoms with E-state index in [1.807, 2.05) is 18.2 Å². The number of hydrogen-bond acceptors (Lipinski definition) is 4. The molecule has 5 heteroatoms. The van der Waals surface area contributed by atoms with Gasteiger partial charge in [0.2, 0.25) is 0 Å². The summed E-state index contributed by atoms with van der Waals surface area (Å²) in [6.07, 6.45) is 2.20. The summed E-state index contributed by atoms with van der Waals surface area (Å²) in [5.74, 6) is 0.909. The lowest BCUT2D eigenvalue weighted by atomic mass is 9.95. The Bertz CT molecular complexity index is 757. The normalized spacial score (nSPS) is 20.4. The van der Waals surface area contributed by atoms with E-state index in [1.54, 1.807) is 7.11 Å². The molecule has 144 valence electrons. The minimum atomic E-state index is 0.200. The van der Waals surface area contributed by atoms with Crippen LogP contribution in [0.2, 0.25) is 5.02 Å². The Balaban J connectivity index is 1.29. The molecular formula is C22H27ClN2O2. The summed E-state index contributed by atoms with van der Waals surface area (Å²) in [6, 6.07) is 14.6. The third kappa shape index (κ3) is 4.40. The summed E-state index contributed by atoms with van der Waals surface area (Å²) in [4.78, 5) is 5.00. The lowest BCUT2D eigenvalue weighted by molar-refractivity contribution is 0.0289. The van der Waals surface area contributed by atoms with E-state index in [0.717, 1.165) is 62.9 Å². The molecule has 0 amide bonds.